The quantitative estimate of drug-likeness (QED) is 0.798. The molecule has 0 aromatic heterocycles. The zero-order valence-corrected chi connectivity index (χ0v) is 14.8. The minimum atomic E-state index is -0.281. The van der Waals surface area contributed by atoms with Crippen LogP contribution in [-0.4, -0.2) is 16.3 Å². The number of amidine groups is 1. The molecule has 7 heteroatoms. The predicted molar refractivity (Wildman–Crippen MR) is 98.2 cm³/mol. The molecule has 1 atom stereocenters. The summed E-state index contributed by atoms with van der Waals surface area (Å²) >= 11 is 19.4. The molecule has 2 aromatic rings. The summed E-state index contributed by atoms with van der Waals surface area (Å²) in [6, 6.07) is 12.5. The van der Waals surface area contributed by atoms with Crippen LogP contribution in [0.15, 0.2) is 47.5 Å². The molecule has 1 aliphatic heterocycles. The van der Waals surface area contributed by atoms with Crippen LogP contribution < -0.4 is 5.32 Å². The molecule has 1 N–H and O–H groups in total. The fourth-order valence-electron chi connectivity index (χ4n) is 2.13. The molecule has 0 unspecified atom stereocenters. The van der Waals surface area contributed by atoms with Crippen molar-refractivity contribution < 1.29 is 4.79 Å². The number of nitrogens with zero attached hydrogens (tertiary/aromatic N) is 1. The molecule has 3 nitrogen and oxygen atoms in total. The largest absolute Gasteiger partial charge is 0.304 e. The average Bonchev–Trinajstić information content (AvgIpc) is 2.86. The summed E-state index contributed by atoms with van der Waals surface area (Å²) in [5.41, 5.74) is 1.58. The van der Waals surface area contributed by atoms with Gasteiger partial charge >= 0.3 is 0 Å². The molecule has 1 heterocycles. The Bertz CT molecular complexity index is 777. The molecular formula is C16H11Cl3N2OS. The number of amides is 1. The monoisotopic (exact) mass is 384 g/mol. The molecular weight excluding hydrogens is 375 g/mol. The lowest BCUT2D eigenvalue weighted by atomic mass is 10.1. The first-order valence-electron chi connectivity index (χ1n) is 6.77. The molecule has 1 saturated heterocycles. The topological polar surface area (TPSA) is 41.5 Å². The highest BCUT2D eigenvalue weighted by Crippen LogP contribution is 2.31. The fraction of sp³-hybridized carbons (Fsp3) is 0.125. The normalized spacial score (nSPS) is 19.2. The van der Waals surface area contributed by atoms with Crippen molar-refractivity contribution in [1.82, 2.24) is 5.32 Å². The highest BCUT2D eigenvalue weighted by Gasteiger charge is 2.31. The van der Waals surface area contributed by atoms with Gasteiger partial charge in [-0.05, 0) is 42.3 Å². The molecule has 1 aliphatic rings. The molecule has 3 rings (SSSR count). The van der Waals surface area contributed by atoms with Crippen LogP contribution in [0.1, 0.15) is 5.56 Å². The number of halogens is 3. The Kier molecular flexibility index (Phi) is 5.17. The molecule has 23 heavy (non-hydrogen) atoms. The van der Waals surface area contributed by atoms with Crippen LogP contribution in [0.25, 0.3) is 0 Å². The van der Waals surface area contributed by atoms with Crippen LogP contribution in [0.2, 0.25) is 15.1 Å². The van der Waals surface area contributed by atoms with Crippen LogP contribution in [-0.2, 0) is 11.2 Å². The van der Waals surface area contributed by atoms with Crippen molar-refractivity contribution in [3.05, 3.63) is 63.1 Å². The molecule has 2 aromatic carbocycles. The van der Waals surface area contributed by atoms with Gasteiger partial charge in [-0.1, -0.05) is 58.7 Å². The average molecular weight is 386 g/mol. The van der Waals surface area contributed by atoms with E-state index in [2.05, 4.69) is 10.3 Å². The number of carbonyl (C=O) groups is 1. The van der Waals surface area contributed by atoms with Gasteiger partial charge in [0.05, 0.1) is 21.0 Å². The third-order valence-corrected chi connectivity index (χ3v) is 5.46. The van der Waals surface area contributed by atoms with Crippen LogP contribution in [0.4, 0.5) is 5.69 Å². The maximum Gasteiger partial charge on any atom is 0.239 e. The molecule has 0 radical (unpaired) electrons. The van der Waals surface area contributed by atoms with Crippen molar-refractivity contribution in [2.45, 2.75) is 11.7 Å². The first-order chi connectivity index (χ1) is 11.0. The van der Waals surface area contributed by atoms with Gasteiger partial charge in [0.15, 0.2) is 5.17 Å². The Hall–Kier alpha value is -1.20. The van der Waals surface area contributed by atoms with E-state index in [-0.39, 0.29) is 11.2 Å². The molecule has 118 valence electrons. The van der Waals surface area contributed by atoms with Gasteiger partial charge < -0.3 is 5.32 Å². The van der Waals surface area contributed by atoms with Crippen molar-refractivity contribution in [1.29, 1.82) is 0 Å². The predicted octanol–water partition coefficient (Wildman–Crippen LogP) is 5.11. The fourth-order valence-corrected chi connectivity index (χ4v) is 3.67. The van der Waals surface area contributed by atoms with Gasteiger partial charge in [0.2, 0.25) is 5.91 Å². The molecule has 0 bridgehead atoms. The van der Waals surface area contributed by atoms with Crippen LogP contribution in [0.3, 0.4) is 0 Å². The van der Waals surface area contributed by atoms with E-state index >= 15 is 0 Å². The van der Waals surface area contributed by atoms with Crippen molar-refractivity contribution in [3.8, 4) is 0 Å². The van der Waals surface area contributed by atoms with Gasteiger partial charge in [0.25, 0.3) is 0 Å². The van der Waals surface area contributed by atoms with E-state index < -0.39 is 0 Å². The second kappa shape index (κ2) is 7.14. The van der Waals surface area contributed by atoms with E-state index in [1.165, 1.54) is 11.8 Å². The Morgan fingerprint density at radius 3 is 2.57 bits per heavy atom. The maximum atomic E-state index is 12.1. The van der Waals surface area contributed by atoms with Gasteiger partial charge in [-0.3, -0.25) is 4.79 Å². The number of carbonyl (C=O) groups excluding carboxylic acids is 1. The highest BCUT2D eigenvalue weighted by molar-refractivity contribution is 8.15. The van der Waals surface area contributed by atoms with Crippen LogP contribution >= 0.6 is 46.6 Å². The Morgan fingerprint density at radius 1 is 1.09 bits per heavy atom. The number of aliphatic imine (C=N–C) groups is 1. The van der Waals surface area contributed by atoms with Crippen molar-refractivity contribution in [2.24, 2.45) is 4.99 Å². The molecule has 1 fully saturated rings. The molecule has 0 saturated carbocycles. The third-order valence-electron chi connectivity index (χ3n) is 3.27. The van der Waals surface area contributed by atoms with Gasteiger partial charge in [-0.25, -0.2) is 4.99 Å². The third kappa shape index (κ3) is 4.01. The summed E-state index contributed by atoms with van der Waals surface area (Å²) in [4.78, 5) is 16.5. The van der Waals surface area contributed by atoms with E-state index in [1.54, 1.807) is 30.3 Å². The van der Waals surface area contributed by atoms with Gasteiger partial charge in [-0.15, -0.1) is 0 Å². The SMILES string of the molecule is O=C1NC(=Nc2ccc(Cl)cc2)S[C@H]1Cc1cccc(Cl)c1Cl. The zero-order valence-electron chi connectivity index (χ0n) is 11.7. The first-order valence-corrected chi connectivity index (χ1v) is 8.79. The second-order valence-corrected chi connectivity index (χ2v) is 7.32. The number of rotatable bonds is 3. The summed E-state index contributed by atoms with van der Waals surface area (Å²) in [6.07, 6.45) is 0.496. The zero-order chi connectivity index (χ0) is 16.4. The summed E-state index contributed by atoms with van der Waals surface area (Å²) < 4.78 is 0. The lowest BCUT2D eigenvalue weighted by Crippen LogP contribution is -2.26. The Morgan fingerprint density at radius 2 is 1.83 bits per heavy atom. The molecule has 0 aliphatic carbocycles. The Balaban J connectivity index is 1.75. The van der Waals surface area contributed by atoms with Gasteiger partial charge in [0, 0.05) is 5.02 Å². The first kappa shape index (κ1) is 16.7. The van der Waals surface area contributed by atoms with Crippen molar-refractivity contribution in [3.63, 3.8) is 0 Å². The van der Waals surface area contributed by atoms with Crippen LogP contribution in [0, 0.1) is 0 Å². The highest BCUT2D eigenvalue weighted by atomic mass is 35.5. The molecule has 0 spiro atoms. The number of hydrogen-bond donors (Lipinski definition) is 1. The number of hydrogen-bond acceptors (Lipinski definition) is 3. The van der Waals surface area contributed by atoms with Crippen molar-refractivity contribution in [2.75, 3.05) is 0 Å². The summed E-state index contributed by atoms with van der Waals surface area (Å²) in [6.45, 7) is 0. The van der Waals surface area contributed by atoms with E-state index in [0.29, 0.717) is 26.7 Å². The Labute approximate surface area is 153 Å². The minimum Gasteiger partial charge on any atom is -0.304 e. The lowest BCUT2D eigenvalue weighted by molar-refractivity contribution is -0.118. The van der Waals surface area contributed by atoms with Crippen molar-refractivity contribution >= 4 is 63.3 Å². The minimum absolute atomic E-state index is 0.0845. The maximum absolute atomic E-state index is 12.1. The summed E-state index contributed by atoms with van der Waals surface area (Å²) in [7, 11) is 0. The lowest BCUT2D eigenvalue weighted by Gasteiger charge is -2.08. The van der Waals surface area contributed by atoms with E-state index in [4.69, 9.17) is 34.8 Å². The van der Waals surface area contributed by atoms with Gasteiger partial charge in [-0.2, -0.15) is 0 Å². The number of nitrogens with one attached hydrogen (secondary N) is 1. The summed E-state index contributed by atoms with van der Waals surface area (Å²) in [5.74, 6) is -0.0845. The second-order valence-electron chi connectivity index (χ2n) is 4.91. The standard InChI is InChI=1S/C16H11Cl3N2OS/c17-10-4-6-11(7-5-10)20-16-21-15(22)13(23-16)8-9-2-1-3-12(18)14(9)19/h1-7,13H,8H2,(H,20,21,22)/t13-/m0/s1. The van der Waals surface area contributed by atoms with E-state index in [1.807, 2.05) is 12.1 Å². The number of thioether (sulfide) groups is 1. The van der Waals surface area contributed by atoms with E-state index in [9.17, 15) is 4.79 Å². The van der Waals surface area contributed by atoms with E-state index in [0.717, 1.165) is 11.3 Å². The summed E-state index contributed by atoms with van der Waals surface area (Å²) in [5, 5.41) is 4.70. The smallest absolute Gasteiger partial charge is 0.239 e. The van der Waals surface area contributed by atoms with Gasteiger partial charge in [0.1, 0.15) is 0 Å². The van der Waals surface area contributed by atoms with Crippen LogP contribution in [0.5, 0.6) is 0 Å². The number of benzene rings is 2. The molecule has 1 amide bonds.